The van der Waals surface area contributed by atoms with Gasteiger partial charge in [-0.15, -0.1) is 0 Å². The van der Waals surface area contributed by atoms with E-state index in [9.17, 15) is 0 Å². The molecule has 0 saturated carbocycles. The third kappa shape index (κ3) is 4.04. The van der Waals surface area contributed by atoms with Crippen LogP contribution in [0.3, 0.4) is 0 Å². The van der Waals surface area contributed by atoms with E-state index in [-0.39, 0.29) is 0 Å². The number of hydrogen-bond acceptors (Lipinski definition) is 2. The summed E-state index contributed by atoms with van der Waals surface area (Å²) in [6.45, 7) is 8.18. The van der Waals surface area contributed by atoms with Crippen molar-refractivity contribution in [3.8, 4) is 0 Å². The van der Waals surface area contributed by atoms with Gasteiger partial charge in [-0.05, 0) is 30.9 Å². The van der Waals surface area contributed by atoms with Crippen molar-refractivity contribution in [3.05, 3.63) is 46.9 Å². The van der Waals surface area contributed by atoms with Gasteiger partial charge < -0.3 is 5.32 Å². The number of nitrogens with one attached hydrogen (secondary N) is 1. The summed E-state index contributed by atoms with van der Waals surface area (Å²) >= 11 is 1.69. The summed E-state index contributed by atoms with van der Waals surface area (Å²) < 4.78 is 0. The Morgan fingerprint density at radius 3 is 2.85 bits per heavy atom. The topological polar surface area (TPSA) is 12.0 Å². The van der Waals surface area contributed by atoms with Gasteiger partial charge in [0.15, 0.2) is 0 Å². The monoisotopic (exact) mass is 193 g/mol. The van der Waals surface area contributed by atoms with Crippen molar-refractivity contribution in [1.29, 1.82) is 0 Å². The van der Waals surface area contributed by atoms with Gasteiger partial charge in [-0.1, -0.05) is 36.6 Å². The molecule has 0 spiro atoms. The zero-order valence-electron chi connectivity index (χ0n) is 8.08. The fraction of sp³-hybridized carbons (Fsp3) is 0.273. The summed E-state index contributed by atoms with van der Waals surface area (Å²) in [5, 5.41) is 6.57. The van der Waals surface area contributed by atoms with Gasteiger partial charge in [0.2, 0.25) is 0 Å². The van der Waals surface area contributed by atoms with Gasteiger partial charge in [-0.2, -0.15) is 0 Å². The summed E-state index contributed by atoms with van der Waals surface area (Å²) in [7, 11) is 0. The molecule has 0 aromatic rings. The number of thioether (sulfide) groups is 1. The van der Waals surface area contributed by atoms with Gasteiger partial charge in [0.1, 0.15) is 0 Å². The molecule has 0 aliphatic carbocycles. The van der Waals surface area contributed by atoms with Crippen LogP contribution in [0.2, 0.25) is 0 Å². The normalized spacial score (nSPS) is 25.8. The standard InChI is InChI=1S/C11H15NS/c1-9(2)12-11-8-10(3)6-4-5-7-13-11/h4-9,12H,3H2,1-2H3/b6-4-,7-5-,11-8-. The molecule has 1 aliphatic rings. The summed E-state index contributed by atoms with van der Waals surface area (Å²) in [6, 6.07) is 0.461. The van der Waals surface area contributed by atoms with Crippen molar-refractivity contribution >= 4 is 11.8 Å². The third-order valence-electron chi connectivity index (χ3n) is 1.44. The molecule has 13 heavy (non-hydrogen) atoms. The van der Waals surface area contributed by atoms with E-state index in [1.807, 2.05) is 18.2 Å². The minimum Gasteiger partial charge on any atom is -0.377 e. The second-order valence-electron chi connectivity index (χ2n) is 3.19. The van der Waals surface area contributed by atoms with E-state index in [0.717, 1.165) is 10.6 Å². The molecule has 70 valence electrons. The lowest BCUT2D eigenvalue weighted by atomic mass is 10.2. The Hall–Kier alpha value is -0.890. The lowest BCUT2D eigenvalue weighted by Crippen LogP contribution is -2.20. The predicted molar refractivity (Wildman–Crippen MR) is 61.4 cm³/mol. The zero-order chi connectivity index (χ0) is 9.68. The molecule has 0 atom stereocenters. The van der Waals surface area contributed by atoms with E-state index in [1.54, 1.807) is 11.8 Å². The van der Waals surface area contributed by atoms with Crippen LogP contribution in [0.5, 0.6) is 0 Å². The van der Waals surface area contributed by atoms with Crippen molar-refractivity contribution in [2.45, 2.75) is 19.9 Å². The molecule has 0 fully saturated rings. The molecule has 1 nitrogen and oxygen atoms in total. The van der Waals surface area contributed by atoms with Crippen LogP contribution >= 0.6 is 11.8 Å². The van der Waals surface area contributed by atoms with E-state index in [4.69, 9.17) is 0 Å². The summed E-state index contributed by atoms with van der Waals surface area (Å²) in [5.74, 6) is 0. The van der Waals surface area contributed by atoms with Crippen molar-refractivity contribution < 1.29 is 0 Å². The fourth-order valence-corrected chi connectivity index (χ4v) is 1.79. The Morgan fingerprint density at radius 2 is 2.15 bits per heavy atom. The quantitative estimate of drug-likeness (QED) is 0.722. The lowest BCUT2D eigenvalue weighted by Gasteiger charge is -2.12. The van der Waals surface area contributed by atoms with Crippen LogP contribution < -0.4 is 5.32 Å². The minimum atomic E-state index is 0.461. The molecular weight excluding hydrogens is 178 g/mol. The maximum Gasteiger partial charge on any atom is 0.0731 e. The first kappa shape index (κ1) is 10.2. The Labute approximate surface area is 84.3 Å². The molecule has 0 saturated heterocycles. The second-order valence-corrected chi connectivity index (χ2v) is 4.14. The molecule has 2 heteroatoms. The molecule has 1 heterocycles. The predicted octanol–water partition coefficient (Wildman–Crippen LogP) is 3.20. The van der Waals surface area contributed by atoms with E-state index in [0.29, 0.717) is 6.04 Å². The van der Waals surface area contributed by atoms with Gasteiger partial charge in [0, 0.05) is 6.04 Å². The van der Waals surface area contributed by atoms with Crippen LogP contribution in [0.25, 0.3) is 0 Å². The molecule has 0 unspecified atom stereocenters. The highest BCUT2D eigenvalue weighted by Crippen LogP contribution is 2.18. The van der Waals surface area contributed by atoms with Crippen LogP contribution in [0, 0.1) is 0 Å². The summed E-state index contributed by atoms with van der Waals surface area (Å²) in [4.78, 5) is 0. The SMILES string of the molecule is C=C1/C=C\C=C/S/C(NC(C)C)=C\1. The highest BCUT2D eigenvalue weighted by molar-refractivity contribution is 8.05. The summed E-state index contributed by atoms with van der Waals surface area (Å²) in [6.07, 6.45) is 8.08. The third-order valence-corrected chi connectivity index (χ3v) is 2.23. The summed E-state index contributed by atoms with van der Waals surface area (Å²) in [5.41, 5.74) is 1.03. The van der Waals surface area contributed by atoms with Crippen molar-refractivity contribution in [2.24, 2.45) is 0 Å². The van der Waals surface area contributed by atoms with Gasteiger partial charge in [0.05, 0.1) is 5.03 Å². The smallest absolute Gasteiger partial charge is 0.0731 e. The molecule has 1 rings (SSSR count). The largest absolute Gasteiger partial charge is 0.377 e. The first-order valence-corrected chi connectivity index (χ1v) is 5.23. The number of hydrogen-bond donors (Lipinski definition) is 1. The van der Waals surface area contributed by atoms with Crippen LogP contribution in [-0.4, -0.2) is 6.04 Å². The van der Waals surface area contributed by atoms with Gasteiger partial charge in [-0.25, -0.2) is 0 Å². The average Bonchev–Trinajstić information content (AvgIpc) is 1.98. The maximum atomic E-state index is 3.92. The highest BCUT2D eigenvalue weighted by Gasteiger charge is 1.99. The fourth-order valence-electron chi connectivity index (χ4n) is 0.948. The molecule has 0 aromatic carbocycles. The molecule has 0 aromatic heterocycles. The van der Waals surface area contributed by atoms with Crippen molar-refractivity contribution in [1.82, 2.24) is 5.32 Å². The Bertz CT molecular complexity index is 272. The molecular formula is C11H15NS. The van der Waals surface area contributed by atoms with Crippen molar-refractivity contribution in [2.75, 3.05) is 0 Å². The second kappa shape index (κ2) is 4.97. The highest BCUT2D eigenvalue weighted by atomic mass is 32.2. The van der Waals surface area contributed by atoms with Gasteiger partial charge in [-0.3, -0.25) is 0 Å². The Morgan fingerprint density at radius 1 is 1.38 bits per heavy atom. The lowest BCUT2D eigenvalue weighted by molar-refractivity contribution is 0.694. The van der Waals surface area contributed by atoms with Gasteiger partial charge >= 0.3 is 0 Å². The first-order chi connectivity index (χ1) is 6.18. The van der Waals surface area contributed by atoms with Crippen LogP contribution in [0.15, 0.2) is 46.9 Å². The van der Waals surface area contributed by atoms with E-state index < -0.39 is 0 Å². The van der Waals surface area contributed by atoms with Gasteiger partial charge in [0.25, 0.3) is 0 Å². The minimum absolute atomic E-state index is 0.461. The van der Waals surface area contributed by atoms with E-state index >= 15 is 0 Å². The Balaban J connectivity index is 2.71. The first-order valence-electron chi connectivity index (χ1n) is 4.35. The maximum absolute atomic E-state index is 3.92. The van der Waals surface area contributed by atoms with E-state index in [2.05, 4.69) is 37.2 Å². The molecule has 0 bridgehead atoms. The molecule has 1 aliphatic heterocycles. The van der Waals surface area contributed by atoms with Crippen LogP contribution in [0.4, 0.5) is 0 Å². The number of rotatable bonds is 2. The Kier molecular flexibility index (Phi) is 3.90. The van der Waals surface area contributed by atoms with Crippen molar-refractivity contribution in [3.63, 3.8) is 0 Å². The zero-order valence-corrected chi connectivity index (χ0v) is 8.90. The molecule has 0 radical (unpaired) electrons. The number of allylic oxidation sites excluding steroid dienone is 5. The average molecular weight is 193 g/mol. The van der Waals surface area contributed by atoms with Crippen LogP contribution in [-0.2, 0) is 0 Å². The molecule has 1 N–H and O–H groups in total. The van der Waals surface area contributed by atoms with Crippen LogP contribution in [0.1, 0.15) is 13.8 Å². The molecule has 0 amide bonds. The van der Waals surface area contributed by atoms with E-state index in [1.165, 1.54) is 0 Å².